The first-order valence-electron chi connectivity index (χ1n) is 12.3. The predicted molar refractivity (Wildman–Crippen MR) is 151 cm³/mol. The number of hydrogen-bond acceptors (Lipinski definition) is 7. The fourth-order valence-corrected chi connectivity index (χ4v) is 5.20. The quantitative estimate of drug-likeness (QED) is 0.352. The molecule has 0 atom stereocenters. The molecule has 3 aromatic heterocycles. The maximum absolute atomic E-state index is 11.7. The Labute approximate surface area is 220 Å². The van der Waals surface area contributed by atoms with Crippen LogP contribution < -0.4 is 9.62 Å². The van der Waals surface area contributed by atoms with Crippen LogP contribution in [0, 0.1) is 0 Å². The Morgan fingerprint density at radius 1 is 0.921 bits per heavy atom. The molecule has 1 fully saturated rings. The minimum Gasteiger partial charge on any atom is -0.378 e. The number of nitrogens with zero attached hydrogens (tertiary/aromatic N) is 5. The number of imidazole rings is 1. The molecule has 0 radical (unpaired) electrons. The van der Waals surface area contributed by atoms with Crippen LogP contribution in [0.2, 0.25) is 0 Å². The second-order valence-electron chi connectivity index (χ2n) is 9.11. The van der Waals surface area contributed by atoms with E-state index in [-0.39, 0.29) is 0 Å². The highest BCUT2D eigenvalue weighted by Gasteiger charge is 2.20. The van der Waals surface area contributed by atoms with Gasteiger partial charge in [-0.25, -0.2) is 22.9 Å². The first-order chi connectivity index (χ1) is 18.4. The Morgan fingerprint density at radius 2 is 1.71 bits per heavy atom. The number of pyridine rings is 1. The number of morpholine rings is 1. The normalized spacial score (nSPS) is 14.5. The third kappa shape index (κ3) is 4.96. The van der Waals surface area contributed by atoms with E-state index in [1.54, 1.807) is 18.3 Å². The number of fused-ring (bicyclic) bond motifs is 2. The fourth-order valence-electron chi connectivity index (χ4n) is 4.64. The van der Waals surface area contributed by atoms with Crippen LogP contribution in [-0.2, 0) is 14.8 Å². The number of aromatic nitrogens is 4. The van der Waals surface area contributed by atoms with Crippen molar-refractivity contribution < 1.29 is 13.2 Å². The Kier molecular flexibility index (Phi) is 6.26. The number of ether oxygens (including phenoxy) is 1. The van der Waals surface area contributed by atoms with Crippen molar-refractivity contribution in [3.8, 4) is 11.3 Å². The van der Waals surface area contributed by atoms with Gasteiger partial charge >= 0.3 is 0 Å². The number of nitrogens with one attached hydrogen (secondary N) is 1. The molecule has 1 aliphatic heterocycles. The van der Waals surface area contributed by atoms with Crippen molar-refractivity contribution in [1.29, 1.82) is 0 Å². The van der Waals surface area contributed by atoms with E-state index in [1.165, 1.54) is 0 Å². The van der Waals surface area contributed by atoms with Gasteiger partial charge in [-0.05, 0) is 42.5 Å². The summed E-state index contributed by atoms with van der Waals surface area (Å²) in [5.74, 6) is 0. The number of para-hydroxylation sites is 1. The molecule has 2 aromatic carbocycles. The van der Waals surface area contributed by atoms with Gasteiger partial charge in [-0.2, -0.15) is 5.10 Å². The topological polar surface area (TPSA) is 102 Å². The zero-order valence-corrected chi connectivity index (χ0v) is 21.6. The third-order valence-corrected chi connectivity index (χ3v) is 6.98. The molecule has 192 valence electrons. The summed E-state index contributed by atoms with van der Waals surface area (Å²) in [5, 5.41) is 5.73. The number of hydrogen-bond donors (Lipinski definition) is 1. The van der Waals surface area contributed by atoms with Crippen molar-refractivity contribution in [2.45, 2.75) is 0 Å². The molecule has 0 aliphatic carbocycles. The summed E-state index contributed by atoms with van der Waals surface area (Å²) in [6.45, 7) is 2.88. The van der Waals surface area contributed by atoms with E-state index in [1.807, 2.05) is 65.2 Å². The van der Waals surface area contributed by atoms with Crippen LogP contribution in [0.4, 0.5) is 11.4 Å². The second-order valence-corrected chi connectivity index (χ2v) is 10.9. The highest BCUT2D eigenvalue weighted by atomic mass is 32.2. The maximum atomic E-state index is 11.7. The molecular weight excluding hydrogens is 500 g/mol. The number of rotatable bonds is 6. The molecule has 1 N–H and O–H groups in total. The predicted octanol–water partition coefficient (Wildman–Crippen LogP) is 4.32. The summed E-state index contributed by atoms with van der Waals surface area (Å²) in [6.07, 6.45) is 6.81. The van der Waals surface area contributed by atoms with E-state index < -0.39 is 10.0 Å². The smallest absolute Gasteiger partial charge is 0.229 e. The van der Waals surface area contributed by atoms with Gasteiger partial charge < -0.3 is 9.64 Å². The molecule has 6 rings (SSSR count). The number of sulfonamides is 1. The zero-order valence-electron chi connectivity index (χ0n) is 20.8. The van der Waals surface area contributed by atoms with E-state index in [2.05, 4.69) is 20.8 Å². The van der Waals surface area contributed by atoms with Crippen LogP contribution in [-0.4, -0.2) is 60.6 Å². The Morgan fingerprint density at radius 3 is 2.50 bits per heavy atom. The SMILES string of the molecule is CS(=O)(=O)Nc1ccc(-c2c(C=Cc3ccc4ccccc4n3)nc3c(N4CCOCC4)ccnn23)cc1. The Balaban J connectivity index is 1.46. The minimum atomic E-state index is -3.37. The molecule has 9 nitrogen and oxygen atoms in total. The average molecular weight is 527 g/mol. The summed E-state index contributed by atoms with van der Waals surface area (Å²) in [7, 11) is -3.37. The van der Waals surface area contributed by atoms with E-state index in [0.29, 0.717) is 18.9 Å². The molecule has 0 unspecified atom stereocenters. The number of benzene rings is 2. The lowest BCUT2D eigenvalue weighted by Gasteiger charge is -2.28. The van der Waals surface area contributed by atoms with Crippen LogP contribution in [0.5, 0.6) is 0 Å². The summed E-state index contributed by atoms with van der Waals surface area (Å²) in [5.41, 5.74) is 6.36. The van der Waals surface area contributed by atoms with E-state index in [9.17, 15) is 8.42 Å². The van der Waals surface area contributed by atoms with Crippen molar-refractivity contribution in [1.82, 2.24) is 19.6 Å². The Bertz CT molecular complexity index is 1760. The van der Waals surface area contributed by atoms with Gasteiger partial charge in [0.05, 0.1) is 48.3 Å². The summed E-state index contributed by atoms with van der Waals surface area (Å²) in [4.78, 5) is 12.0. The zero-order chi connectivity index (χ0) is 26.1. The largest absolute Gasteiger partial charge is 0.378 e. The lowest BCUT2D eigenvalue weighted by molar-refractivity contribution is 0.123. The maximum Gasteiger partial charge on any atom is 0.229 e. The summed E-state index contributed by atoms with van der Waals surface area (Å²) >= 11 is 0. The van der Waals surface area contributed by atoms with E-state index >= 15 is 0 Å². The van der Waals surface area contributed by atoms with Gasteiger partial charge in [0.2, 0.25) is 10.0 Å². The van der Waals surface area contributed by atoms with E-state index in [4.69, 9.17) is 14.7 Å². The van der Waals surface area contributed by atoms with Gasteiger partial charge in [-0.15, -0.1) is 0 Å². The highest BCUT2D eigenvalue weighted by molar-refractivity contribution is 7.92. The molecule has 0 bridgehead atoms. The lowest BCUT2D eigenvalue weighted by Crippen LogP contribution is -2.36. The molecule has 38 heavy (non-hydrogen) atoms. The van der Waals surface area contributed by atoms with Crippen LogP contribution >= 0.6 is 0 Å². The molecule has 1 aliphatic rings. The molecule has 4 heterocycles. The van der Waals surface area contributed by atoms with Crippen molar-refractivity contribution in [3.05, 3.63) is 84.3 Å². The molecule has 0 saturated carbocycles. The van der Waals surface area contributed by atoms with Crippen LogP contribution in [0.1, 0.15) is 11.4 Å². The molecule has 1 saturated heterocycles. The molecule has 5 aromatic rings. The van der Waals surface area contributed by atoms with Gasteiger partial charge in [0, 0.05) is 29.7 Å². The van der Waals surface area contributed by atoms with Gasteiger partial charge in [0.25, 0.3) is 0 Å². The lowest BCUT2D eigenvalue weighted by atomic mass is 10.1. The average Bonchev–Trinajstić information content (AvgIpc) is 3.30. The minimum absolute atomic E-state index is 0.490. The standard InChI is InChI=1S/C28H26N6O3S/c1-38(35,36)32-23-10-7-21(8-11-23)27-25(13-12-22-9-6-20-4-2-3-5-24(20)30-22)31-28-26(14-15-29-34(27)28)33-16-18-37-19-17-33/h2-15,32H,16-19H2,1H3. The summed E-state index contributed by atoms with van der Waals surface area (Å²) < 4.78 is 33.2. The van der Waals surface area contributed by atoms with Crippen molar-refractivity contribution in [2.75, 3.05) is 42.2 Å². The highest BCUT2D eigenvalue weighted by Crippen LogP contribution is 2.31. The van der Waals surface area contributed by atoms with Crippen molar-refractivity contribution in [3.63, 3.8) is 0 Å². The van der Waals surface area contributed by atoms with Crippen molar-refractivity contribution >= 4 is 50.1 Å². The van der Waals surface area contributed by atoms with E-state index in [0.717, 1.165) is 64.2 Å². The number of anilines is 2. The van der Waals surface area contributed by atoms with Crippen molar-refractivity contribution in [2.24, 2.45) is 0 Å². The van der Waals surface area contributed by atoms with Crippen LogP contribution in [0.15, 0.2) is 72.9 Å². The first kappa shape index (κ1) is 24.1. The monoisotopic (exact) mass is 526 g/mol. The molecule has 10 heteroatoms. The first-order valence-corrected chi connectivity index (χ1v) is 14.2. The second kappa shape index (κ2) is 9.88. The third-order valence-electron chi connectivity index (χ3n) is 6.37. The molecule has 0 amide bonds. The van der Waals surface area contributed by atoms with Gasteiger partial charge in [-0.1, -0.05) is 36.4 Å². The van der Waals surface area contributed by atoms with Crippen LogP contribution in [0.3, 0.4) is 0 Å². The summed E-state index contributed by atoms with van der Waals surface area (Å²) in [6, 6.07) is 21.2. The Hall–Kier alpha value is -4.28. The van der Waals surface area contributed by atoms with Gasteiger partial charge in [0.15, 0.2) is 5.65 Å². The molecule has 0 spiro atoms. The van der Waals surface area contributed by atoms with Gasteiger partial charge in [-0.3, -0.25) is 4.72 Å². The fraction of sp³-hybridized carbons (Fsp3) is 0.179. The molecular formula is C28H26N6O3S. The van der Waals surface area contributed by atoms with Gasteiger partial charge in [0.1, 0.15) is 5.69 Å². The van der Waals surface area contributed by atoms with Crippen LogP contribution in [0.25, 0.3) is 40.0 Å².